The Kier molecular flexibility index (Phi) is 6.22. The molecular formula is C15H22N4OS. The van der Waals surface area contributed by atoms with Gasteiger partial charge in [-0.25, -0.2) is 4.98 Å². The number of benzene rings is 1. The maximum absolute atomic E-state index is 10.0. The zero-order chi connectivity index (χ0) is 15.0. The lowest BCUT2D eigenvalue weighted by Crippen LogP contribution is -2.46. The SMILES string of the molecule is CCCNC(CO)(CCSc1ncn[nH]1)c1ccccc1. The molecule has 0 spiro atoms. The Morgan fingerprint density at radius 2 is 2.14 bits per heavy atom. The van der Waals surface area contributed by atoms with E-state index in [4.69, 9.17) is 0 Å². The molecule has 2 aromatic rings. The number of thioether (sulfide) groups is 1. The molecule has 6 heteroatoms. The van der Waals surface area contributed by atoms with Crippen molar-refractivity contribution in [2.45, 2.75) is 30.5 Å². The molecule has 1 unspecified atom stereocenters. The number of hydrogen-bond donors (Lipinski definition) is 3. The highest BCUT2D eigenvalue weighted by atomic mass is 32.2. The standard InChI is InChI=1S/C15H22N4OS/c1-2-9-17-15(11-20,13-6-4-3-5-7-13)8-10-21-14-16-12-18-19-14/h3-7,12,17,20H,2,8-11H2,1H3,(H,16,18,19). The summed E-state index contributed by atoms with van der Waals surface area (Å²) >= 11 is 1.62. The van der Waals surface area contributed by atoms with Crippen molar-refractivity contribution in [3.05, 3.63) is 42.2 Å². The number of rotatable bonds is 9. The van der Waals surface area contributed by atoms with E-state index < -0.39 is 5.54 Å². The molecule has 0 saturated carbocycles. The normalized spacial score (nSPS) is 14.0. The van der Waals surface area contributed by atoms with E-state index in [-0.39, 0.29) is 6.61 Å². The van der Waals surface area contributed by atoms with Crippen molar-refractivity contribution in [1.82, 2.24) is 20.5 Å². The molecular weight excluding hydrogens is 284 g/mol. The molecule has 0 saturated heterocycles. The summed E-state index contributed by atoms with van der Waals surface area (Å²) in [6, 6.07) is 10.2. The van der Waals surface area contributed by atoms with Gasteiger partial charge in [-0.05, 0) is 24.9 Å². The van der Waals surface area contributed by atoms with Crippen molar-refractivity contribution in [1.29, 1.82) is 0 Å². The lowest BCUT2D eigenvalue weighted by atomic mass is 9.88. The average Bonchev–Trinajstić information content (AvgIpc) is 3.05. The molecule has 0 radical (unpaired) electrons. The fourth-order valence-corrected chi connectivity index (χ4v) is 3.15. The third-order valence-electron chi connectivity index (χ3n) is 3.47. The highest BCUT2D eigenvalue weighted by Gasteiger charge is 2.30. The molecule has 0 amide bonds. The highest BCUT2D eigenvalue weighted by Crippen LogP contribution is 2.28. The van der Waals surface area contributed by atoms with Crippen molar-refractivity contribution < 1.29 is 5.11 Å². The van der Waals surface area contributed by atoms with E-state index in [0.29, 0.717) is 0 Å². The van der Waals surface area contributed by atoms with Crippen LogP contribution in [0.5, 0.6) is 0 Å². The number of aromatic nitrogens is 3. The predicted molar refractivity (Wildman–Crippen MR) is 85.2 cm³/mol. The first kappa shape index (κ1) is 16.0. The zero-order valence-electron chi connectivity index (χ0n) is 12.2. The Morgan fingerprint density at radius 3 is 2.76 bits per heavy atom. The van der Waals surface area contributed by atoms with Crippen LogP contribution in [-0.4, -0.2) is 39.2 Å². The van der Waals surface area contributed by atoms with E-state index in [9.17, 15) is 5.11 Å². The van der Waals surface area contributed by atoms with Gasteiger partial charge in [-0.15, -0.1) is 0 Å². The molecule has 1 heterocycles. The third-order valence-corrected chi connectivity index (χ3v) is 4.35. The largest absolute Gasteiger partial charge is 0.394 e. The van der Waals surface area contributed by atoms with Crippen LogP contribution in [0, 0.1) is 0 Å². The van der Waals surface area contributed by atoms with Crippen LogP contribution in [0.1, 0.15) is 25.3 Å². The maximum atomic E-state index is 10.0. The van der Waals surface area contributed by atoms with Crippen LogP contribution in [0.4, 0.5) is 0 Å². The Hall–Kier alpha value is -1.37. The summed E-state index contributed by atoms with van der Waals surface area (Å²) in [5.74, 6) is 0.849. The van der Waals surface area contributed by atoms with E-state index >= 15 is 0 Å². The number of H-pyrrole nitrogens is 1. The average molecular weight is 306 g/mol. The van der Waals surface area contributed by atoms with Crippen LogP contribution in [0.25, 0.3) is 0 Å². The lowest BCUT2D eigenvalue weighted by Gasteiger charge is -2.34. The van der Waals surface area contributed by atoms with Crippen LogP contribution < -0.4 is 5.32 Å². The van der Waals surface area contributed by atoms with Gasteiger partial charge in [0.15, 0.2) is 5.16 Å². The molecule has 0 aliphatic carbocycles. The Morgan fingerprint density at radius 1 is 1.33 bits per heavy atom. The maximum Gasteiger partial charge on any atom is 0.183 e. The molecule has 3 N–H and O–H groups in total. The smallest absolute Gasteiger partial charge is 0.183 e. The van der Waals surface area contributed by atoms with Gasteiger partial charge < -0.3 is 10.4 Å². The van der Waals surface area contributed by atoms with E-state index in [1.54, 1.807) is 11.8 Å². The fourth-order valence-electron chi connectivity index (χ4n) is 2.27. The van der Waals surface area contributed by atoms with Crippen LogP contribution in [0.2, 0.25) is 0 Å². The first-order valence-corrected chi connectivity index (χ1v) is 8.19. The fraction of sp³-hybridized carbons (Fsp3) is 0.467. The van der Waals surface area contributed by atoms with Crippen molar-refractivity contribution >= 4 is 11.8 Å². The Labute approximate surface area is 129 Å². The summed E-state index contributed by atoms with van der Waals surface area (Å²) < 4.78 is 0. The minimum Gasteiger partial charge on any atom is -0.394 e. The summed E-state index contributed by atoms with van der Waals surface area (Å²) in [5, 5.41) is 21.0. The van der Waals surface area contributed by atoms with Gasteiger partial charge in [0.05, 0.1) is 12.1 Å². The predicted octanol–water partition coefficient (Wildman–Crippen LogP) is 2.17. The Bertz CT molecular complexity index is 506. The van der Waals surface area contributed by atoms with E-state index in [1.165, 1.54) is 6.33 Å². The van der Waals surface area contributed by atoms with Gasteiger partial charge in [-0.3, -0.25) is 5.10 Å². The van der Waals surface area contributed by atoms with Crippen molar-refractivity contribution in [3.63, 3.8) is 0 Å². The summed E-state index contributed by atoms with van der Waals surface area (Å²) in [6.07, 6.45) is 3.36. The van der Waals surface area contributed by atoms with E-state index in [0.717, 1.165) is 35.9 Å². The van der Waals surface area contributed by atoms with Gasteiger partial charge in [-0.2, -0.15) is 5.10 Å². The van der Waals surface area contributed by atoms with Crippen LogP contribution in [-0.2, 0) is 5.54 Å². The van der Waals surface area contributed by atoms with Gasteiger partial charge in [0.1, 0.15) is 6.33 Å². The molecule has 1 atom stereocenters. The topological polar surface area (TPSA) is 73.8 Å². The summed E-state index contributed by atoms with van der Waals surface area (Å²) in [4.78, 5) is 4.11. The minimum atomic E-state index is -0.399. The molecule has 114 valence electrons. The van der Waals surface area contributed by atoms with Crippen LogP contribution in [0.15, 0.2) is 41.8 Å². The van der Waals surface area contributed by atoms with Crippen LogP contribution in [0.3, 0.4) is 0 Å². The third kappa shape index (κ3) is 4.30. The lowest BCUT2D eigenvalue weighted by molar-refractivity contribution is 0.157. The Balaban J connectivity index is 2.07. The molecule has 0 fully saturated rings. The van der Waals surface area contributed by atoms with Gasteiger partial charge in [0.25, 0.3) is 0 Å². The number of aliphatic hydroxyl groups excluding tert-OH is 1. The van der Waals surface area contributed by atoms with Gasteiger partial charge in [0.2, 0.25) is 0 Å². The number of hydrogen-bond acceptors (Lipinski definition) is 5. The van der Waals surface area contributed by atoms with Gasteiger partial charge >= 0.3 is 0 Å². The van der Waals surface area contributed by atoms with Crippen LogP contribution >= 0.6 is 11.8 Å². The molecule has 1 aromatic carbocycles. The monoisotopic (exact) mass is 306 g/mol. The minimum absolute atomic E-state index is 0.0774. The second-order valence-corrected chi connectivity index (χ2v) is 6.01. The molecule has 2 rings (SSSR count). The number of aliphatic hydroxyl groups is 1. The summed E-state index contributed by atoms with van der Waals surface area (Å²) in [5.41, 5.74) is 0.726. The summed E-state index contributed by atoms with van der Waals surface area (Å²) in [7, 11) is 0. The highest BCUT2D eigenvalue weighted by molar-refractivity contribution is 7.99. The molecule has 0 bridgehead atoms. The van der Waals surface area contributed by atoms with Crippen molar-refractivity contribution in [3.8, 4) is 0 Å². The molecule has 1 aromatic heterocycles. The van der Waals surface area contributed by atoms with E-state index in [1.807, 2.05) is 18.2 Å². The zero-order valence-corrected chi connectivity index (χ0v) is 13.1. The second kappa shape index (κ2) is 8.17. The first-order chi connectivity index (χ1) is 10.3. The van der Waals surface area contributed by atoms with E-state index in [2.05, 4.69) is 39.6 Å². The van der Waals surface area contributed by atoms with Gasteiger partial charge in [-0.1, -0.05) is 49.0 Å². The molecule has 5 nitrogen and oxygen atoms in total. The number of nitrogens with one attached hydrogen (secondary N) is 2. The quantitative estimate of drug-likeness (QED) is 0.619. The second-order valence-electron chi connectivity index (χ2n) is 4.92. The first-order valence-electron chi connectivity index (χ1n) is 7.20. The van der Waals surface area contributed by atoms with Crippen molar-refractivity contribution in [2.24, 2.45) is 0 Å². The number of aromatic amines is 1. The molecule has 0 aliphatic heterocycles. The summed E-state index contributed by atoms with van der Waals surface area (Å²) in [6.45, 7) is 3.08. The number of nitrogens with zero attached hydrogens (tertiary/aromatic N) is 2. The molecule has 0 aliphatic rings. The van der Waals surface area contributed by atoms with Gasteiger partial charge in [0, 0.05) is 5.75 Å². The van der Waals surface area contributed by atoms with Crippen molar-refractivity contribution in [2.75, 3.05) is 18.9 Å². The molecule has 21 heavy (non-hydrogen) atoms.